The summed E-state index contributed by atoms with van der Waals surface area (Å²) in [5.41, 5.74) is 6.23. The van der Waals surface area contributed by atoms with Gasteiger partial charge in [0.05, 0.1) is 0 Å². The van der Waals surface area contributed by atoms with E-state index in [1.807, 2.05) is 0 Å². The molecule has 0 N–H and O–H groups in total. The van der Waals surface area contributed by atoms with Crippen LogP contribution >= 0.6 is 0 Å². The van der Waals surface area contributed by atoms with Gasteiger partial charge in [0.25, 0.3) is 0 Å². The normalized spacial score (nSPS) is 21.1. The lowest BCUT2D eigenvalue weighted by molar-refractivity contribution is 0.744. The summed E-state index contributed by atoms with van der Waals surface area (Å²) in [6, 6.07) is 4.52. The van der Waals surface area contributed by atoms with Crippen LogP contribution in [-0.2, 0) is 6.42 Å². The second-order valence-corrected chi connectivity index (χ2v) is 4.03. The third kappa shape index (κ3) is 0.979. The highest BCUT2D eigenvalue weighted by atomic mass is 14.3. The Morgan fingerprint density at radius 1 is 1.17 bits per heavy atom. The fourth-order valence-corrected chi connectivity index (χ4v) is 2.41. The monoisotopic (exact) mass is 160 g/mol. The van der Waals surface area contributed by atoms with Gasteiger partial charge in [0.2, 0.25) is 0 Å². The minimum absolute atomic E-state index is 0.792. The SMILES string of the molecule is Cc1ccc(C)c2c1CCC2C. The lowest BCUT2D eigenvalue weighted by atomic mass is 9.95. The Balaban J connectivity index is 2.64. The Kier molecular flexibility index (Phi) is 1.71. The average molecular weight is 160 g/mol. The van der Waals surface area contributed by atoms with E-state index in [4.69, 9.17) is 0 Å². The number of fused-ring (bicyclic) bond motifs is 1. The lowest BCUT2D eigenvalue weighted by Gasteiger charge is -2.10. The fraction of sp³-hybridized carbons (Fsp3) is 0.500. The smallest absolute Gasteiger partial charge is 0.0182 e. The van der Waals surface area contributed by atoms with Crippen molar-refractivity contribution in [3.8, 4) is 0 Å². The van der Waals surface area contributed by atoms with Crippen molar-refractivity contribution >= 4 is 0 Å². The van der Waals surface area contributed by atoms with Gasteiger partial charge >= 0.3 is 0 Å². The first kappa shape index (κ1) is 7.85. The van der Waals surface area contributed by atoms with Crippen molar-refractivity contribution in [3.63, 3.8) is 0 Å². The molecule has 1 atom stereocenters. The molecule has 0 spiro atoms. The van der Waals surface area contributed by atoms with Gasteiger partial charge in [-0.15, -0.1) is 0 Å². The molecule has 64 valence electrons. The van der Waals surface area contributed by atoms with Crippen molar-refractivity contribution < 1.29 is 0 Å². The highest BCUT2D eigenvalue weighted by molar-refractivity contribution is 5.45. The largest absolute Gasteiger partial charge is 0.0588 e. The minimum atomic E-state index is 0.792. The summed E-state index contributed by atoms with van der Waals surface area (Å²) in [5, 5.41) is 0. The molecule has 1 aliphatic rings. The summed E-state index contributed by atoms with van der Waals surface area (Å²) in [6.45, 7) is 6.81. The minimum Gasteiger partial charge on any atom is -0.0588 e. The topological polar surface area (TPSA) is 0 Å². The first-order chi connectivity index (χ1) is 5.70. The van der Waals surface area contributed by atoms with Crippen LogP contribution in [0.4, 0.5) is 0 Å². The number of rotatable bonds is 0. The Morgan fingerprint density at radius 2 is 1.83 bits per heavy atom. The molecule has 12 heavy (non-hydrogen) atoms. The van der Waals surface area contributed by atoms with Crippen LogP contribution in [0, 0.1) is 13.8 Å². The molecule has 2 rings (SSSR count). The van der Waals surface area contributed by atoms with E-state index in [0.29, 0.717) is 0 Å². The summed E-state index contributed by atoms with van der Waals surface area (Å²) in [4.78, 5) is 0. The van der Waals surface area contributed by atoms with Gasteiger partial charge < -0.3 is 0 Å². The van der Waals surface area contributed by atoms with Crippen LogP contribution in [0.1, 0.15) is 41.5 Å². The van der Waals surface area contributed by atoms with Crippen molar-refractivity contribution in [3.05, 3.63) is 34.4 Å². The Morgan fingerprint density at radius 3 is 2.50 bits per heavy atom. The molecule has 0 aromatic heterocycles. The van der Waals surface area contributed by atoms with E-state index in [-0.39, 0.29) is 0 Å². The Bertz CT molecular complexity index is 310. The fourth-order valence-electron chi connectivity index (χ4n) is 2.41. The first-order valence-corrected chi connectivity index (χ1v) is 4.79. The highest BCUT2D eigenvalue weighted by Gasteiger charge is 2.21. The van der Waals surface area contributed by atoms with Crippen LogP contribution in [0.2, 0.25) is 0 Å². The number of hydrogen-bond acceptors (Lipinski definition) is 0. The molecule has 0 heterocycles. The van der Waals surface area contributed by atoms with E-state index < -0.39 is 0 Å². The molecule has 0 fully saturated rings. The van der Waals surface area contributed by atoms with Crippen molar-refractivity contribution in [2.75, 3.05) is 0 Å². The second kappa shape index (κ2) is 2.62. The molecular weight excluding hydrogens is 144 g/mol. The van der Waals surface area contributed by atoms with Gasteiger partial charge in [-0.2, -0.15) is 0 Å². The van der Waals surface area contributed by atoms with E-state index in [1.165, 1.54) is 24.0 Å². The Hall–Kier alpha value is -0.780. The van der Waals surface area contributed by atoms with Gasteiger partial charge in [-0.25, -0.2) is 0 Å². The molecular formula is C12H16. The third-order valence-electron chi connectivity index (χ3n) is 3.13. The summed E-state index contributed by atoms with van der Waals surface area (Å²) in [5.74, 6) is 0.792. The van der Waals surface area contributed by atoms with Crippen LogP contribution in [0.15, 0.2) is 12.1 Å². The quantitative estimate of drug-likeness (QED) is 0.546. The predicted octanol–water partition coefficient (Wildman–Crippen LogP) is 3.35. The lowest BCUT2D eigenvalue weighted by Crippen LogP contribution is -1.93. The van der Waals surface area contributed by atoms with E-state index in [1.54, 1.807) is 11.1 Å². The number of benzene rings is 1. The summed E-state index contributed by atoms with van der Waals surface area (Å²) in [6.07, 6.45) is 2.64. The maximum Gasteiger partial charge on any atom is -0.0182 e. The summed E-state index contributed by atoms with van der Waals surface area (Å²) >= 11 is 0. The standard InChI is InChI=1S/C12H16/c1-8-4-5-9(2)12-10(3)6-7-11(8)12/h4-5,10H,6-7H2,1-3H3. The van der Waals surface area contributed by atoms with Crippen LogP contribution in [0.25, 0.3) is 0 Å². The zero-order chi connectivity index (χ0) is 8.72. The Labute approximate surface area is 74.6 Å². The molecule has 1 aliphatic carbocycles. The van der Waals surface area contributed by atoms with Gasteiger partial charge in [0.15, 0.2) is 0 Å². The molecule has 0 radical (unpaired) electrons. The van der Waals surface area contributed by atoms with Crippen molar-refractivity contribution in [1.82, 2.24) is 0 Å². The molecule has 0 bridgehead atoms. The molecule has 1 aromatic rings. The predicted molar refractivity (Wildman–Crippen MR) is 52.7 cm³/mol. The van der Waals surface area contributed by atoms with E-state index in [2.05, 4.69) is 32.9 Å². The van der Waals surface area contributed by atoms with Crippen molar-refractivity contribution in [1.29, 1.82) is 0 Å². The van der Waals surface area contributed by atoms with E-state index in [0.717, 1.165) is 5.92 Å². The van der Waals surface area contributed by atoms with E-state index in [9.17, 15) is 0 Å². The molecule has 0 saturated heterocycles. The number of hydrogen-bond donors (Lipinski definition) is 0. The first-order valence-electron chi connectivity index (χ1n) is 4.79. The number of aryl methyl sites for hydroxylation is 2. The molecule has 0 aliphatic heterocycles. The maximum atomic E-state index is 2.35. The molecule has 0 amide bonds. The zero-order valence-electron chi connectivity index (χ0n) is 8.15. The molecule has 0 heteroatoms. The van der Waals surface area contributed by atoms with E-state index >= 15 is 0 Å². The van der Waals surface area contributed by atoms with Crippen molar-refractivity contribution in [2.45, 2.75) is 39.5 Å². The molecule has 1 unspecified atom stereocenters. The van der Waals surface area contributed by atoms with Crippen molar-refractivity contribution in [2.24, 2.45) is 0 Å². The summed E-state index contributed by atoms with van der Waals surface area (Å²) < 4.78 is 0. The van der Waals surface area contributed by atoms with Gasteiger partial charge in [0, 0.05) is 0 Å². The average Bonchev–Trinajstić information content (AvgIpc) is 2.42. The van der Waals surface area contributed by atoms with Gasteiger partial charge in [-0.3, -0.25) is 0 Å². The maximum absolute atomic E-state index is 2.35. The highest BCUT2D eigenvalue weighted by Crippen LogP contribution is 2.36. The van der Waals surface area contributed by atoms with Gasteiger partial charge in [0.1, 0.15) is 0 Å². The molecule has 0 saturated carbocycles. The van der Waals surface area contributed by atoms with Crippen LogP contribution < -0.4 is 0 Å². The van der Waals surface area contributed by atoms with Crippen LogP contribution in [-0.4, -0.2) is 0 Å². The summed E-state index contributed by atoms with van der Waals surface area (Å²) in [7, 11) is 0. The second-order valence-electron chi connectivity index (χ2n) is 4.03. The van der Waals surface area contributed by atoms with Gasteiger partial charge in [-0.05, 0) is 54.9 Å². The molecule has 1 aromatic carbocycles. The van der Waals surface area contributed by atoms with Crippen LogP contribution in [0.3, 0.4) is 0 Å². The van der Waals surface area contributed by atoms with Crippen LogP contribution in [0.5, 0.6) is 0 Å². The molecule has 0 nitrogen and oxygen atoms in total. The van der Waals surface area contributed by atoms with Gasteiger partial charge in [-0.1, -0.05) is 19.1 Å². The third-order valence-corrected chi connectivity index (χ3v) is 3.13. The zero-order valence-corrected chi connectivity index (χ0v) is 8.15.